The second-order valence-electron chi connectivity index (χ2n) is 18.2. The van der Waals surface area contributed by atoms with E-state index in [4.69, 9.17) is 18.9 Å². The largest absolute Gasteiger partial charge is 0.439 e. The summed E-state index contributed by atoms with van der Waals surface area (Å²) < 4.78 is 98.0. The average molecular weight is 1140 g/mol. The first-order valence-corrected chi connectivity index (χ1v) is 27.5. The predicted octanol–water partition coefficient (Wildman–Crippen LogP) is 14.4. The number of fused-ring (bicyclic) bond motifs is 4. The molecule has 16 nitrogen and oxygen atoms in total. The van der Waals surface area contributed by atoms with Crippen molar-refractivity contribution in [3.63, 3.8) is 0 Å². The number of aromatic nitrogens is 4. The van der Waals surface area contributed by atoms with Gasteiger partial charge in [0.25, 0.3) is 20.2 Å². The van der Waals surface area contributed by atoms with Crippen LogP contribution in [0.15, 0.2) is 228 Å². The normalized spacial score (nSPS) is 11.5. The van der Waals surface area contributed by atoms with Gasteiger partial charge in [0, 0.05) is 82.6 Å². The van der Waals surface area contributed by atoms with Crippen LogP contribution in [0.2, 0.25) is 0 Å². The van der Waals surface area contributed by atoms with Gasteiger partial charge in [0.05, 0.1) is 0 Å². The first-order valence-electron chi connectivity index (χ1n) is 24.7. The Labute approximate surface area is 514 Å². The van der Waals surface area contributed by atoms with Gasteiger partial charge in [0.2, 0.25) is 11.8 Å². The standard InChI is InChI=1S/C62H42N6O10S2.2Na/c69-79(70,71)55-35-49(63-57-37-59(75-51-27-21-39-9-1-5-13-45(39)31-51)67-61(65-57)77-53-29-23-41-11-3-7-15-47(41)33-53)25-19-43(55)17-18-44-20-26-50(36-56(44)80(72,73)74)64-58-38-60(76-52-28-22-40-10-2-6-14-46(40)32-52)68-62(66-58)78-54-30-24-42-12-4-8-16-48(42)34-54;;/h1-38H,(H,63,65,67)(H,64,66,68)(H,69,70,71)(H,72,73,74);;. The molecular formula is C62H42N6Na2O10S2. The van der Waals surface area contributed by atoms with E-state index in [1.807, 2.05) is 146 Å². The summed E-state index contributed by atoms with van der Waals surface area (Å²) >= 11 is 0. The molecule has 2 aromatic heterocycles. The van der Waals surface area contributed by atoms with Gasteiger partial charge in [-0.1, -0.05) is 146 Å². The molecule has 0 bridgehead atoms. The molecule has 2 radical (unpaired) electrons. The third kappa shape index (κ3) is 13.6. The molecule has 12 rings (SSSR count). The molecule has 12 aromatic rings. The van der Waals surface area contributed by atoms with Crippen LogP contribution in [-0.4, -0.2) is 105 Å². The van der Waals surface area contributed by atoms with Gasteiger partial charge in [-0.3, -0.25) is 9.11 Å². The summed E-state index contributed by atoms with van der Waals surface area (Å²) in [5.41, 5.74) is 0.307. The van der Waals surface area contributed by atoms with E-state index in [9.17, 15) is 25.9 Å². The molecule has 394 valence electrons. The molecule has 0 aliphatic heterocycles. The Bertz CT molecular complexity index is 4180. The van der Waals surface area contributed by atoms with Crippen LogP contribution in [-0.2, 0) is 20.2 Å². The average Bonchev–Trinajstić information content (AvgIpc) is 3.46. The monoisotopic (exact) mass is 1140 g/mol. The number of nitrogens with zero attached hydrogens (tertiary/aromatic N) is 4. The minimum Gasteiger partial charge on any atom is -0.439 e. The third-order valence-corrected chi connectivity index (χ3v) is 14.5. The van der Waals surface area contributed by atoms with Crippen molar-refractivity contribution in [2.45, 2.75) is 9.79 Å². The molecule has 20 heteroatoms. The van der Waals surface area contributed by atoms with Crippen molar-refractivity contribution in [1.82, 2.24) is 19.9 Å². The second kappa shape index (κ2) is 24.5. The molecule has 2 heterocycles. The van der Waals surface area contributed by atoms with E-state index >= 15 is 0 Å². The molecule has 0 aliphatic carbocycles. The fourth-order valence-corrected chi connectivity index (χ4v) is 10.3. The van der Waals surface area contributed by atoms with Gasteiger partial charge in [-0.25, -0.2) is 0 Å². The van der Waals surface area contributed by atoms with Gasteiger partial charge < -0.3 is 29.6 Å². The van der Waals surface area contributed by atoms with Crippen LogP contribution in [0.3, 0.4) is 0 Å². The van der Waals surface area contributed by atoms with Crippen LogP contribution in [0.5, 0.6) is 46.8 Å². The summed E-state index contributed by atoms with van der Waals surface area (Å²) in [4.78, 5) is 17.1. The maximum absolute atomic E-state index is 13.0. The van der Waals surface area contributed by atoms with Gasteiger partial charge in [0.15, 0.2) is 0 Å². The van der Waals surface area contributed by atoms with Crippen molar-refractivity contribution >= 4 is 158 Å². The van der Waals surface area contributed by atoms with Crippen molar-refractivity contribution in [2.24, 2.45) is 0 Å². The Kier molecular flexibility index (Phi) is 17.0. The number of benzene rings is 10. The first-order chi connectivity index (χ1) is 38.8. The zero-order chi connectivity index (χ0) is 54.8. The van der Waals surface area contributed by atoms with Crippen molar-refractivity contribution in [2.75, 3.05) is 10.6 Å². The van der Waals surface area contributed by atoms with Gasteiger partial charge in [-0.05, 0) is 127 Å². The molecule has 0 unspecified atom stereocenters. The van der Waals surface area contributed by atoms with Crippen LogP contribution in [0.1, 0.15) is 11.1 Å². The van der Waals surface area contributed by atoms with Gasteiger partial charge >= 0.3 is 12.0 Å². The van der Waals surface area contributed by atoms with E-state index in [2.05, 4.69) is 30.6 Å². The summed E-state index contributed by atoms with van der Waals surface area (Å²) in [6.45, 7) is 0. The zero-order valence-corrected chi connectivity index (χ0v) is 49.3. The van der Waals surface area contributed by atoms with E-state index in [1.165, 1.54) is 60.7 Å². The fraction of sp³-hybridized carbons (Fsp3) is 0. The third-order valence-electron chi connectivity index (χ3n) is 12.7. The molecule has 0 saturated carbocycles. The van der Waals surface area contributed by atoms with Gasteiger partial charge in [-0.15, -0.1) is 0 Å². The number of rotatable bonds is 16. The van der Waals surface area contributed by atoms with E-state index in [1.54, 1.807) is 24.3 Å². The Morgan fingerprint density at radius 2 is 0.646 bits per heavy atom. The van der Waals surface area contributed by atoms with E-state index in [0.717, 1.165) is 43.1 Å². The van der Waals surface area contributed by atoms with Crippen molar-refractivity contribution in [3.8, 4) is 46.8 Å². The Hall–Kier alpha value is -8.24. The first kappa shape index (κ1) is 57.0. The minimum atomic E-state index is -4.92. The molecule has 0 fully saturated rings. The SMILES string of the molecule is O=S(=O)(O)c1cc(Nc2cc(Oc3ccc4ccccc4c3)nc(Oc3ccc4ccccc4c3)n2)ccc1C=Cc1ccc(Nc2cc(Oc3ccc4ccccc4c3)nc(Oc3ccc4ccccc4c3)n2)cc1S(=O)(=O)O.[Na].[Na]. The van der Waals surface area contributed by atoms with Gasteiger partial charge in [0.1, 0.15) is 44.4 Å². The minimum absolute atomic E-state index is 0. The quantitative estimate of drug-likeness (QED) is 0.0401. The molecular weight excluding hydrogens is 1100 g/mol. The van der Waals surface area contributed by atoms with Crippen LogP contribution in [0.25, 0.3) is 55.2 Å². The maximum Gasteiger partial charge on any atom is 0.327 e. The summed E-state index contributed by atoms with van der Waals surface area (Å²) in [7, 11) is -9.83. The summed E-state index contributed by atoms with van der Waals surface area (Å²) in [6.07, 6.45) is 2.58. The van der Waals surface area contributed by atoms with Crippen LogP contribution >= 0.6 is 0 Å². The van der Waals surface area contributed by atoms with Crippen molar-refractivity contribution in [3.05, 3.63) is 230 Å². The van der Waals surface area contributed by atoms with Crippen molar-refractivity contribution < 1.29 is 44.9 Å². The Balaban J connectivity index is 0.00000376. The summed E-state index contributed by atoms with van der Waals surface area (Å²) in [5, 5.41) is 13.9. The Morgan fingerprint density at radius 3 is 0.963 bits per heavy atom. The smallest absolute Gasteiger partial charge is 0.327 e. The molecule has 0 aliphatic rings. The number of anilines is 4. The zero-order valence-electron chi connectivity index (χ0n) is 43.7. The van der Waals surface area contributed by atoms with Crippen LogP contribution in [0, 0.1) is 0 Å². The van der Waals surface area contributed by atoms with E-state index < -0.39 is 30.0 Å². The predicted molar refractivity (Wildman–Crippen MR) is 320 cm³/mol. The maximum atomic E-state index is 13.0. The number of ether oxygens (including phenoxy) is 4. The fourth-order valence-electron chi connectivity index (χ4n) is 8.93. The van der Waals surface area contributed by atoms with Crippen LogP contribution in [0.4, 0.5) is 23.0 Å². The van der Waals surface area contributed by atoms with Gasteiger partial charge in [-0.2, -0.15) is 36.8 Å². The number of hydrogen-bond acceptors (Lipinski definition) is 14. The molecule has 82 heavy (non-hydrogen) atoms. The molecule has 0 spiro atoms. The number of nitrogens with one attached hydrogen (secondary N) is 2. The molecule has 10 aromatic carbocycles. The molecule has 0 saturated heterocycles. The second-order valence-corrected chi connectivity index (χ2v) is 21.0. The topological polar surface area (TPSA) is 221 Å². The van der Waals surface area contributed by atoms with Crippen molar-refractivity contribution in [1.29, 1.82) is 0 Å². The number of hydrogen-bond donors (Lipinski definition) is 4. The van der Waals surface area contributed by atoms with Crippen LogP contribution < -0.4 is 29.6 Å². The summed E-state index contributed by atoms with van der Waals surface area (Å²) in [6, 6.07) is 64.4. The molecule has 4 N–H and O–H groups in total. The van der Waals surface area contributed by atoms with E-state index in [0.29, 0.717) is 23.0 Å². The Morgan fingerprint density at radius 1 is 0.341 bits per heavy atom. The summed E-state index contributed by atoms with van der Waals surface area (Å²) in [5.74, 6) is 2.36. The van der Waals surface area contributed by atoms with E-state index in [-0.39, 0.29) is 117 Å². The molecule has 0 amide bonds. The molecule has 0 atom stereocenters.